The maximum absolute atomic E-state index is 12.5. The van der Waals surface area contributed by atoms with Crippen LogP contribution in [-0.2, 0) is 14.3 Å². The van der Waals surface area contributed by atoms with E-state index >= 15 is 0 Å². The van der Waals surface area contributed by atoms with Gasteiger partial charge < -0.3 is 9.84 Å². The minimum absolute atomic E-state index is 0.157. The fourth-order valence-electron chi connectivity index (χ4n) is 2.77. The van der Waals surface area contributed by atoms with E-state index in [4.69, 9.17) is 9.84 Å². The molecule has 0 aromatic carbocycles. The van der Waals surface area contributed by atoms with Gasteiger partial charge in [0.15, 0.2) is 5.76 Å². The number of ether oxygens (including phenoxy) is 1. The van der Waals surface area contributed by atoms with Crippen molar-refractivity contribution in [1.82, 2.24) is 0 Å². The zero-order valence-corrected chi connectivity index (χ0v) is 16.3. The van der Waals surface area contributed by atoms with E-state index in [0.717, 1.165) is 32.1 Å². The molecule has 0 bridgehead atoms. The predicted molar refractivity (Wildman–Crippen MR) is 102 cm³/mol. The number of carbonyl (C=O) groups excluding carboxylic acids is 2. The van der Waals surface area contributed by atoms with Gasteiger partial charge in [0, 0.05) is 12.2 Å². The van der Waals surface area contributed by atoms with Crippen LogP contribution in [0.15, 0.2) is 21.1 Å². The van der Waals surface area contributed by atoms with E-state index < -0.39 is 0 Å². The number of aliphatic hydroxyl groups excluding tert-OH is 1. The predicted octanol–water partition coefficient (Wildman–Crippen LogP) is 4.05. The molecule has 1 N–H and O–H groups in total. The molecule has 24 heavy (non-hydrogen) atoms. The van der Waals surface area contributed by atoms with E-state index in [-0.39, 0.29) is 28.8 Å². The smallest absolute Gasteiger partial charge is 0.226 e. The number of thiol groups is 1. The van der Waals surface area contributed by atoms with Gasteiger partial charge in [-0.1, -0.05) is 38.5 Å². The SMILES string of the molecule is COC1=C(SC)C(=O)C(S)=C(CCCCCCCCCCO)C1=O. The Morgan fingerprint density at radius 3 is 2.00 bits per heavy atom. The Morgan fingerprint density at radius 1 is 0.958 bits per heavy atom. The van der Waals surface area contributed by atoms with Crippen molar-refractivity contribution >= 4 is 36.0 Å². The molecule has 0 amide bonds. The summed E-state index contributed by atoms with van der Waals surface area (Å²) in [5.74, 6) is -0.249. The lowest BCUT2D eigenvalue weighted by atomic mass is 9.95. The number of aliphatic hydroxyl groups is 1. The Morgan fingerprint density at radius 2 is 1.50 bits per heavy atom. The van der Waals surface area contributed by atoms with E-state index in [0.29, 0.717) is 16.9 Å². The van der Waals surface area contributed by atoms with E-state index in [1.54, 1.807) is 6.26 Å². The number of allylic oxidation sites excluding steroid dienone is 3. The van der Waals surface area contributed by atoms with Crippen molar-refractivity contribution in [2.24, 2.45) is 0 Å². The fourth-order valence-corrected chi connectivity index (χ4v) is 3.82. The highest BCUT2D eigenvalue weighted by molar-refractivity contribution is 8.03. The number of rotatable bonds is 12. The summed E-state index contributed by atoms with van der Waals surface area (Å²) < 4.78 is 5.15. The number of ketones is 2. The highest BCUT2D eigenvalue weighted by Gasteiger charge is 2.33. The van der Waals surface area contributed by atoms with Gasteiger partial charge in [0.1, 0.15) is 4.91 Å². The quantitative estimate of drug-likeness (QED) is 0.307. The van der Waals surface area contributed by atoms with Crippen LogP contribution >= 0.6 is 24.4 Å². The second-order valence-electron chi connectivity index (χ2n) is 5.85. The number of hydrogen-bond donors (Lipinski definition) is 2. The molecule has 1 aliphatic rings. The Labute approximate surface area is 154 Å². The Balaban J connectivity index is 2.41. The van der Waals surface area contributed by atoms with E-state index in [1.807, 2.05) is 0 Å². The average Bonchev–Trinajstić information content (AvgIpc) is 2.58. The maximum atomic E-state index is 12.5. The first-order valence-electron chi connectivity index (χ1n) is 8.53. The first-order chi connectivity index (χ1) is 11.6. The number of methoxy groups -OCH3 is 1. The number of carbonyl (C=O) groups is 2. The Hall–Kier alpha value is -0.720. The minimum atomic E-state index is -0.207. The van der Waals surface area contributed by atoms with Crippen molar-refractivity contribution in [2.45, 2.75) is 57.8 Å². The van der Waals surface area contributed by atoms with Crippen LogP contribution in [0.4, 0.5) is 0 Å². The van der Waals surface area contributed by atoms with Crippen molar-refractivity contribution in [3.8, 4) is 0 Å². The molecule has 0 unspecified atom stereocenters. The lowest BCUT2D eigenvalue weighted by Gasteiger charge is -2.19. The van der Waals surface area contributed by atoms with Gasteiger partial charge in [-0.05, 0) is 25.5 Å². The average molecular weight is 373 g/mol. The van der Waals surface area contributed by atoms with Gasteiger partial charge in [0.25, 0.3) is 0 Å². The molecule has 6 heteroatoms. The second-order valence-corrected chi connectivity index (χ2v) is 7.12. The van der Waals surface area contributed by atoms with Gasteiger partial charge in [-0.3, -0.25) is 9.59 Å². The highest BCUT2D eigenvalue weighted by atomic mass is 32.2. The third kappa shape index (κ3) is 5.97. The van der Waals surface area contributed by atoms with E-state index in [2.05, 4.69) is 12.6 Å². The molecule has 0 radical (unpaired) electrons. The van der Waals surface area contributed by atoms with Crippen molar-refractivity contribution in [2.75, 3.05) is 20.0 Å². The van der Waals surface area contributed by atoms with Gasteiger partial charge in [0.05, 0.1) is 12.0 Å². The van der Waals surface area contributed by atoms with Gasteiger partial charge >= 0.3 is 0 Å². The molecule has 4 nitrogen and oxygen atoms in total. The van der Waals surface area contributed by atoms with Crippen LogP contribution < -0.4 is 0 Å². The molecular weight excluding hydrogens is 344 g/mol. The molecule has 1 rings (SSSR count). The van der Waals surface area contributed by atoms with Gasteiger partial charge in [-0.25, -0.2) is 0 Å². The summed E-state index contributed by atoms with van der Waals surface area (Å²) in [6.07, 6.45) is 10.9. The van der Waals surface area contributed by atoms with Crippen LogP contribution in [0.25, 0.3) is 0 Å². The van der Waals surface area contributed by atoms with Crippen LogP contribution in [0, 0.1) is 0 Å². The summed E-state index contributed by atoms with van der Waals surface area (Å²) in [6.45, 7) is 0.282. The van der Waals surface area contributed by atoms with Gasteiger partial charge in [-0.2, -0.15) is 0 Å². The standard InChI is InChI=1S/C18H28O4S2/c1-22-16-14(20)13(17(23)15(21)18(16)24-2)11-9-7-5-3-4-6-8-10-12-19/h19,23H,3-12H2,1-2H3. The number of unbranched alkanes of at least 4 members (excludes halogenated alkanes) is 7. The highest BCUT2D eigenvalue weighted by Crippen LogP contribution is 2.34. The molecule has 0 aromatic heterocycles. The summed E-state index contributed by atoms with van der Waals surface area (Å²) in [6, 6.07) is 0. The molecule has 0 atom stereocenters. The van der Waals surface area contributed by atoms with E-state index in [1.165, 1.54) is 38.1 Å². The first-order valence-corrected chi connectivity index (χ1v) is 10.2. The van der Waals surface area contributed by atoms with Crippen LogP contribution in [0.5, 0.6) is 0 Å². The molecule has 0 saturated heterocycles. The zero-order valence-electron chi connectivity index (χ0n) is 14.6. The van der Waals surface area contributed by atoms with E-state index in [9.17, 15) is 9.59 Å². The Kier molecular flexibility index (Phi) is 10.5. The van der Waals surface area contributed by atoms with Gasteiger partial charge in [0.2, 0.25) is 11.6 Å². The van der Waals surface area contributed by atoms with Crippen LogP contribution in [-0.4, -0.2) is 36.6 Å². The summed E-state index contributed by atoms with van der Waals surface area (Å²) >= 11 is 5.50. The topological polar surface area (TPSA) is 63.6 Å². The summed E-state index contributed by atoms with van der Waals surface area (Å²) in [5.41, 5.74) is 0.487. The lowest BCUT2D eigenvalue weighted by Crippen LogP contribution is -2.22. The molecular formula is C18H28O4S2. The van der Waals surface area contributed by atoms with Crippen molar-refractivity contribution in [3.05, 3.63) is 21.1 Å². The zero-order chi connectivity index (χ0) is 17.9. The maximum Gasteiger partial charge on any atom is 0.226 e. The summed E-state index contributed by atoms with van der Waals surface area (Å²) in [5, 5.41) is 8.72. The van der Waals surface area contributed by atoms with Gasteiger partial charge in [-0.15, -0.1) is 24.4 Å². The molecule has 0 aliphatic heterocycles. The van der Waals surface area contributed by atoms with Crippen molar-refractivity contribution in [3.63, 3.8) is 0 Å². The number of hydrogen-bond acceptors (Lipinski definition) is 6. The molecule has 0 spiro atoms. The minimum Gasteiger partial charge on any atom is -0.491 e. The second kappa shape index (κ2) is 11.8. The molecule has 0 fully saturated rings. The van der Waals surface area contributed by atoms with Crippen molar-refractivity contribution in [1.29, 1.82) is 0 Å². The Bertz CT molecular complexity index is 509. The molecule has 0 heterocycles. The van der Waals surface area contributed by atoms with Crippen LogP contribution in [0.1, 0.15) is 57.8 Å². The third-order valence-corrected chi connectivity index (χ3v) is 5.39. The molecule has 1 aliphatic carbocycles. The molecule has 0 saturated carbocycles. The number of thioether (sulfide) groups is 1. The normalized spacial score (nSPS) is 15.5. The van der Waals surface area contributed by atoms with Crippen molar-refractivity contribution < 1.29 is 19.4 Å². The molecule has 136 valence electrons. The summed E-state index contributed by atoms with van der Waals surface area (Å²) in [7, 11) is 1.43. The summed E-state index contributed by atoms with van der Waals surface area (Å²) in [4.78, 5) is 25.4. The van der Waals surface area contributed by atoms with Crippen LogP contribution in [0.2, 0.25) is 0 Å². The fraction of sp³-hybridized carbons (Fsp3) is 0.667. The molecule has 0 aromatic rings. The lowest BCUT2D eigenvalue weighted by molar-refractivity contribution is -0.118. The first kappa shape index (κ1) is 21.3. The largest absolute Gasteiger partial charge is 0.491 e. The number of Topliss-reactive ketones (excluding diaryl/α,β-unsaturated/α-hetero) is 2. The monoisotopic (exact) mass is 372 g/mol. The van der Waals surface area contributed by atoms with Crippen LogP contribution in [0.3, 0.4) is 0 Å². The third-order valence-electron chi connectivity index (χ3n) is 4.14.